The molecule has 1 aromatic rings. The van der Waals surface area contributed by atoms with Gasteiger partial charge in [0.05, 0.1) is 0 Å². The van der Waals surface area contributed by atoms with E-state index in [9.17, 15) is 9.90 Å². The van der Waals surface area contributed by atoms with E-state index in [1.165, 1.54) is 0 Å². The predicted octanol–water partition coefficient (Wildman–Crippen LogP) is 2.44. The zero-order valence-electron chi connectivity index (χ0n) is 10.6. The zero-order chi connectivity index (χ0) is 13.5. The summed E-state index contributed by atoms with van der Waals surface area (Å²) in [5.41, 5.74) is 2.70. The van der Waals surface area contributed by atoms with Gasteiger partial charge in [-0.15, -0.1) is 0 Å². The van der Waals surface area contributed by atoms with E-state index in [4.69, 9.17) is 4.74 Å². The smallest absolute Gasteiger partial charge is 0.215 e. The number of hydrogen-bond donors (Lipinski definition) is 1. The molecular weight excluding hydrogens is 228 g/mol. The molecule has 1 rings (SSSR count). The van der Waals surface area contributed by atoms with Gasteiger partial charge in [-0.3, -0.25) is 4.79 Å². The third kappa shape index (κ3) is 3.65. The molecule has 0 amide bonds. The van der Waals surface area contributed by atoms with Gasteiger partial charge in [0.2, 0.25) is 6.29 Å². The van der Waals surface area contributed by atoms with E-state index >= 15 is 0 Å². The second-order valence-electron chi connectivity index (χ2n) is 3.82. The van der Waals surface area contributed by atoms with Crippen molar-refractivity contribution < 1.29 is 14.6 Å². The molecule has 0 saturated carbocycles. The third-order valence-electron chi connectivity index (χ3n) is 2.57. The summed E-state index contributed by atoms with van der Waals surface area (Å²) in [7, 11) is 0. The van der Waals surface area contributed by atoms with Crippen LogP contribution in [0.15, 0.2) is 31.4 Å². The van der Waals surface area contributed by atoms with Crippen molar-refractivity contribution in [3.05, 3.63) is 48.0 Å². The monoisotopic (exact) mass is 246 g/mol. The topological polar surface area (TPSA) is 46.5 Å². The Labute approximate surface area is 107 Å². The average molecular weight is 246 g/mol. The second-order valence-corrected chi connectivity index (χ2v) is 3.82. The van der Waals surface area contributed by atoms with Crippen LogP contribution in [0.1, 0.15) is 23.6 Å². The molecule has 0 aliphatic heterocycles. The van der Waals surface area contributed by atoms with Crippen molar-refractivity contribution in [2.24, 2.45) is 0 Å². The molecule has 18 heavy (non-hydrogen) atoms. The fourth-order valence-electron chi connectivity index (χ4n) is 1.64. The summed E-state index contributed by atoms with van der Waals surface area (Å²) < 4.78 is 4.85. The maximum Gasteiger partial charge on any atom is 0.215 e. The fraction of sp³-hybridized carbons (Fsp3) is 0.267. The number of benzene rings is 1. The standard InChI is InChI=1S/C15H18O3/c1-4-12-8-7-11(9-13(12)5-2)10-14(16)15(17)18-6-3/h4-5,7-9,15,17H,1-2,6,10H2,3H3. The Balaban J connectivity index is 2.82. The summed E-state index contributed by atoms with van der Waals surface area (Å²) in [4.78, 5) is 11.6. The highest BCUT2D eigenvalue weighted by Gasteiger charge is 2.15. The molecule has 0 fully saturated rings. The van der Waals surface area contributed by atoms with Crippen molar-refractivity contribution >= 4 is 17.9 Å². The summed E-state index contributed by atoms with van der Waals surface area (Å²) in [6, 6.07) is 5.57. The average Bonchev–Trinajstić information content (AvgIpc) is 2.38. The molecular formula is C15H18O3. The third-order valence-corrected chi connectivity index (χ3v) is 2.57. The van der Waals surface area contributed by atoms with Crippen LogP contribution < -0.4 is 0 Å². The van der Waals surface area contributed by atoms with Gasteiger partial charge in [0, 0.05) is 13.0 Å². The van der Waals surface area contributed by atoms with Crippen LogP contribution in [0.25, 0.3) is 12.2 Å². The van der Waals surface area contributed by atoms with Gasteiger partial charge in [-0.1, -0.05) is 43.5 Å². The molecule has 3 heteroatoms. The first kappa shape index (κ1) is 14.4. The summed E-state index contributed by atoms with van der Waals surface area (Å²) in [5.74, 6) is -0.349. The first-order chi connectivity index (χ1) is 8.62. The molecule has 96 valence electrons. The van der Waals surface area contributed by atoms with E-state index in [0.717, 1.165) is 16.7 Å². The van der Waals surface area contributed by atoms with Crippen LogP contribution in [0.3, 0.4) is 0 Å². The Morgan fingerprint density at radius 2 is 2.06 bits per heavy atom. The van der Waals surface area contributed by atoms with Crippen molar-refractivity contribution in [2.75, 3.05) is 6.61 Å². The van der Waals surface area contributed by atoms with Crippen LogP contribution in [0.5, 0.6) is 0 Å². The predicted molar refractivity (Wildman–Crippen MR) is 73.0 cm³/mol. The molecule has 1 atom stereocenters. The van der Waals surface area contributed by atoms with Crippen molar-refractivity contribution in [3.8, 4) is 0 Å². The maximum absolute atomic E-state index is 11.6. The van der Waals surface area contributed by atoms with Gasteiger partial charge in [-0.2, -0.15) is 0 Å². The lowest BCUT2D eigenvalue weighted by Crippen LogP contribution is -2.25. The quantitative estimate of drug-likeness (QED) is 0.752. The lowest BCUT2D eigenvalue weighted by molar-refractivity contribution is -0.154. The van der Waals surface area contributed by atoms with Crippen molar-refractivity contribution in [1.29, 1.82) is 0 Å². The summed E-state index contributed by atoms with van der Waals surface area (Å²) >= 11 is 0. The van der Waals surface area contributed by atoms with Gasteiger partial charge >= 0.3 is 0 Å². The van der Waals surface area contributed by atoms with Crippen LogP contribution in [0.4, 0.5) is 0 Å². The van der Waals surface area contributed by atoms with E-state index in [2.05, 4.69) is 13.2 Å². The number of aliphatic hydroxyl groups excluding tert-OH is 1. The number of aliphatic hydroxyl groups is 1. The van der Waals surface area contributed by atoms with E-state index in [-0.39, 0.29) is 12.2 Å². The van der Waals surface area contributed by atoms with E-state index in [1.54, 1.807) is 19.1 Å². The SMILES string of the molecule is C=Cc1ccc(CC(=O)C(O)OCC)cc1C=C. The molecule has 0 aliphatic carbocycles. The highest BCUT2D eigenvalue weighted by atomic mass is 16.6. The van der Waals surface area contributed by atoms with Crippen LogP contribution in [-0.2, 0) is 16.0 Å². The summed E-state index contributed by atoms with van der Waals surface area (Å²) in [5, 5.41) is 9.40. The molecule has 0 heterocycles. The lowest BCUT2D eigenvalue weighted by Gasteiger charge is -2.10. The first-order valence-electron chi connectivity index (χ1n) is 5.82. The Hall–Kier alpha value is -1.71. The molecule has 1 N–H and O–H groups in total. The second kappa shape index (κ2) is 6.89. The largest absolute Gasteiger partial charge is 0.362 e. The van der Waals surface area contributed by atoms with E-state index in [0.29, 0.717) is 6.61 Å². The van der Waals surface area contributed by atoms with Gasteiger partial charge in [0.25, 0.3) is 0 Å². The first-order valence-corrected chi connectivity index (χ1v) is 5.82. The van der Waals surface area contributed by atoms with E-state index in [1.807, 2.05) is 18.2 Å². The van der Waals surface area contributed by atoms with Crippen molar-refractivity contribution in [2.45, 2.75) is 19.6 Å². The Bertz CT molecular complexity index is 449. The number of ether oxygens (including phenoxy) is 1. The molecule has 0 spiro atoms. The van der Waals surface area contributed by atoms with Crippen LogP contribution in [0.2, 0.25) is 0 Å². The van der Waals surface area contributed by atoms with Crippen LogP contribution >= 0.6 is 0 Å². The highest BCUT2D eigenvalue weighted by Crippen LogP contribution is 2.15. The van der Waals surface area contributed by atoms with Crippen molar-refractivity contribution in [3.63, 3.8) is 0 Å². The molecule has 3 nitrogen and oxygen atoms in total. The molecule has 0 aromatic heterocycles. The molecule has 0 saturated heterocycles. The van der Waals surface area contributed by atoms with Gasteiger partial charge in [-0.05, 0) is 23.6 Å². The van der Waals surface area contributed by atoms with Gasteiger partial charge in [0.15, 0.2) is 5.78 Å². The van der Waals surface area contributed by atoms with Gasteiger partial charge in [-0.25, -0.2) is 0 Å². The number of rotatable bonds is 7. The number of Topliss-reactive ketones (excluding diaryl/α,β-unsaturated/α-hetero) is 1. The Morgan fingerprint density at radius 3 is 2.61 bits per heavy atom. The number of ketones is 1. The minimum atomic E-state index is -1.35. The van der Waals surface area contributed by atoms with E-state index < -0.39 is 6.29 Å². The summed E-state index contributed by atoms with van der Waals surface area (Å²) in [6.45, 7) is 9.46. The van der Waals surface area contributed by atoms with Crippen molar-refractivity contribution in [1.82, 2.24) is 0 Å². The number of carbonyl (C=O) groups excluding carboxylic acids is 1. The molecule has 1 aromatic carbocycles. The summed E-state index contributed by atoms with van der Waals surface area (Å²) in [6.07, 6.45) is 2.24. The van der Waals surface area contributed by atoms with Gasteiger partial charge in [0.1, 0.15) is 0 Å². The molecule has 0 aliphatic rings. The normalized spacial score (nSPS) is 11.9. The van der Waals surface area contributed by atoms with Crippen LogP contribution in [-0.4, -0.2) is 23.8 Å². The van der Waals surface area contributed by atoms with Gasteiger partial charge < -0.3 is 9.84 Å². The Kier molecular flexibility index (Phi) is 5.49. The highest BCUT2D eigenvalue weighted by molar-refractivity contribution is 5.84. The number of carbonyl (C=O) groups is 1. The fourth-order valence-corrected chi connectivity index (χ4v) is 1.64. The lowest BCUT2D eigenvalue weighted by atomic mass is 10.0. The molecule has 0 radical (unpaired) electrons. The minimum Gasteiger partial charge on any atom is -0.362 e. The maximum atomic E-state index is 11.6. The zero-order valence-corrected chi connectivity index (χ0v) is 10.6. The molecule has 0 bridgehead atoms. The molecule has 1 unspecified atom stereocenters. The number of hydrogen-bond acceptors (Lipinski definition) is 3. The minimum absolute atomic E-state index is 0.138. The van der Waals surface area contributed by atoms with Crippen LogP contribution in [0, 0.1) is 0 Å². The Morgan fingerprint density at radius 1 is 1.39 bits per heavy atom.